The minimum Gasteiger partial charge on any atom is -0.484 e. The highest BCUT2D eigenvalue weighted by Gasteiger charge is 2.18. The minimum atomic E-state index is -0.963. The number of ether oxygens (including phenoxy) is 1. The van der Waals surface area contributed by atoms with Crippen molar-refractivity contribution in [3.63, 3.8) is 0 Å². The number of carbonyl (C=O) groups excluding carboxylic acids is 1. The highest BCUT2D eigenvalue weighted by Crippen LogP contribution is 2.23. The lowest BCUT2D eigenvalue weighted by Gasteiger charge is -2.08. The number of nitrogens with zero attached hydrogens (tertiary/aromatic N) is 1. The molecule has 0 amide bonds. The van der Waals surface area contributed by atoms with Gasteiger partial charge < -0.3 is 4.74 Å². The van der Waals surface area contributed by atoms with Gasteiger partial charge in [-0.3, -0.25) is 4.79 Å². The van der Waals surface area contributed by atoms with E-state index < -0.39 is 29.6 Å². The normalized spacial score (nSPS) is 10.0. The summed E-state index contributed by atoms with van der Waals surface area (Å²) in [6.45, 7) is -0.604. The van der Waals surface area contributed by atoms with Gasteiger partial charge in [-0.05, 0) is 24.3 Å². The highest BCUT2D eigenvalue weighted by molar-refractivity contribution is 6.30. The molecule has 0 unspecified atom stereocenters. The molecule has 0 aliphatic carbocycles. The molecule has 0 heterocycles. The van der Waals surface area contributed by atoms with Gasteiger partial charge in [0.05, 0.1) is 11.1 Å². The van der Waals surface area contributed by atoms with Crippen LogP contribution in [0, 0.1) is 23.0 Å². The van der Waals surface area contributed by atoms with Gasteiger partial charge in [0.2, 0.25) is 5.78 Å². The molecule has 0 fully saturated rings. The van der Waals surface area contributed by atoms with Crippen LogP contribution in [0.1, 0.15) is 15.9 Å². The number of hydrogen-bond acceptors (Lipinski definition) is 3. The molecule has 0 aromatic heterocycles. The van der Waals surface area contributed by atoms with Crippen molar-refractivity contribution in [1.29, 1.82) is 5.26 Å². The summed E-state index contributed by atoms with van der Waals surface area (Å²) in [4.78, 5) is 11.8. The van der Waals surface area contributed by atoms with Crippen LogP contribution >= 0.6 is 11.6 Å². The maximum atomic E-state index is 13.4. The van der Waals surface area contributed by atoms with Crippen molar-refractivity contribution in [2.24, 2.45) is 0 Å². The second-order valence-electron chi connectivity index (χ2n) is 4.06. The van der Waals surface area contributed by atoms with E-state index in [1.165, 1.54) is 18.2 Å². The lowest BCUT2D eigenvalue weighted by Crippen LogP contribution is -2.15. The summed E-state index contributed by atoms with van der Waals surface area (Å²) in [5.74, 6) is -2.71. The zero-order chi connectivity index (χ0) is 15.4. The molecule has 2 aromatic carbocycles. The first-order valence-electron chi connectivity index (χ1n) is 5.82. The fraction of sp³-hybridized carbons (Fsp3) is 0.0667. The Balaban J connectivity index is 2.19. The van der Waals surface area contributed by atoms with Gasteiger partial charge in [0.25, 0.3) is 0 Å². The molecule has 0 aliphatic heterocycles. The summed E-state index contributed by atoms with van der Waals surface area (Å²) in [7, 11) is 0. The quantitative estimate of drug-likeness (QED) is 0.808. The van der Waals surface area contributed by atoms with E-state index in [4.69, 9.17) is 21.6 Å². The Morgan fingerprint density at radius 3 is 2.52 bits per heavy atom. The smallest absolute Gasteiger partial charge is 0.206 e. The zero-order valence-electron chi connectivity index (χ0n) is 10.6. The molecule has 0 spiro atoms. The summed E-state index contributed by atoms with van der Waals surface area (Å²) >= 11 is 5.76. The van der Waals surface area contributed by atoms with Crippen LogP contribution in [0.15, 0.2) is 36.4 Å². The minimum absolute atomic E-state index is 0.0788. The number of halogens is 3. The van der Waals surface area contributed by atoms with Crippen molar-refractivity contribution in [1.82, 2.24) is 0 Å². The Hall–Kier alpha value is -2.45. The van der Waals surface area contributed by atoms with E-state index in [1.807, 2.05) is 6.07 Å². The van der Waals surface area contributed by atoms with Gasteiger partial charge in [-0.25, -0.2) is 8.78 Å². The highest BCUT2D eigenvalue weighted by atomic mass is 35.5. The van der Waals surface area contributed by atoms with Crippen LogP contribution < -0.4 is 4.74 Å². The van der Waals surface area contributed by atoms with Gasteiger partial charge in [0, 0.05) is 11.1 Å². The van der Waals surface area contributed by atoms with Gasteiger partial charge in [0.15, 0.2) is 6.61 Å². The standard InChI is InChI=1S/C15H8ClF2NO2/c16-10-5-4-9(7-19)14(6-10)21-8-13(20)15-11(17)2-1-3-12(15)18/h1-6H,8H2. The molecular weight excluding hydrogens is 300 g/mol. The third kappa shape index (κ3) is 3.36. The Morgan fingerprint density at radius 1 is 1.24 bits per heavy atom. The Kier molecular flexibility index (Phi) is 4.51. The van der Waals surface area contributed by atoms with Crippen LogP contribution in [-0.4, -0.2) is 12.4 Å². The van der Waals surface area contributed by atoms with Crippen LogP contribution in [-0.2, 0) is 0 Å². The van der Waals surface area contributed by atoms with Crippen molar-refractivity contribution in [2.75, 3.05) is 6.61 Å². The first-order valence-corrected chi connectivity index (χ1v) is 6.20. The van der Waals surface area contributed by atoms with E-state index in [2.05, 4.69) is 0 Å². The number of carbonyl (C=O) groups is 1. The van der Waals surface area contributed by atoms with Crippen LogP contribution in [0.2, 0.25) is 5.02 Å². The molecule has 2 aromatic rings. The number of rotatable bonds is 4. The van der Waals surface area contributed by atoms with Gasteiger partial charge >= 0.3 is 0 Å². The molecule has 2 rings (SSSR count). The average Bonchev–Trinajstić information content (AvgIpc) is 2.45. The largest absolute Gasteiger partial charge is 0.484 e. The first kappa shape index (κ1) is 14.9. The van der Waals surface area contributed by atoms with E-state index in [0.29, 0.717) is 5.02 Å². The summed E-state index contributed by atoms with van der Waals surface area (Å²) in [5, 5.41) is 9.22. The number of ketones is 1. The van der Waals surface area contributed by atoms with Crippen LogP contribution in [0.4, 0.5) is 8.78 Å². The van der Waals surface area contributed by atoms with E-state index in [9.17, 15) is 13.6 Å². The summed E-state index contributed by atoms with van der Waals surface area (Å²) in [6.07, 6.45) is 0. The Morgan fingerprint density at radius 2 is 1.90 bits per heavy atom. The molecule has 0 N–H and O–H groups in total. The third-order valence-corrected chi connectivity index (χ3v) is 2.90. The SMILES string of the molecule is N#Cc1ccc(Cl)cc1OCC(=O)c1c(F)cccc1F. The first-order chi connectivity index (χ1) is 10.0. The number of hydrogen-bond donors (Lipinski definition) is 0. The van der Waals surface area contributed by atoms with Crippen molar-refractivity contribution in [3.05, 3.63) is 64.2 Å². The third-order valence-electron chi connectivity index (χ3n) is 2.66. The Labute approximate surface area is 124 Å². The number of benzene rings is 2. The fourth-order valence-corrected chi connectivity index (χ4v) is 1.85. The van der Waals surface area contributed by atoms with Crippen LogP contribution in [0.25, 0.3) is 0 Å². The summed E-state index contributed by atoms with van der Waals surface area (Å²) < 4.78 is 32.0. The molecule has 0 atom stereocenters. The monoisotopic (exact) mass is 307 g/mol. The maximum absolute atomic E-state index is 13.4. The van der Waals surface area contributed by atoms with Crippen molar-refractivity contribution in [3.8, 4) is 11.8 Å². The van der Waals surface area contributed by atoms with E-state index in [-0.39, 0.29) is 11.3 Å². The molecule has 21 heavy (non-hydrogen) atoms. The summed E-state index contributed by atoms with van der Waals surface area (Å²) in [6, 6.07) is 9.26. The number of Topliss-reactive ketones (excluding diaryl/α,β-unsaturated/α-hetero) is 1. The molecular formula is C15H8ClF2NO2. The van der Waals surface area contributed by atoms with Gasteiger partial charge in [-0.15, -0.1) is 0 Å². The van der Waals surface area contributed by atoms with Crippen LogP contribution in [0.3, 0.4) is 0 Å². The van der Waals surface area contributed by atoms with Crippen molar-refractivity contribution < 1.29 is 18.3 Å². The predicted molar refractivity (Wildman–Crippen MR) is 72.4 cm³/mol. The molecule has 106 valence electrons. The molecule has 0 radical (unpaired) electrons. The van der Waals surface area contributed by atoms with Gasteiger partial charge in [-0.2, -0.15) is 5.26 Å². The summed E-state index contributed by atoms with van der Waals surface area (Å²) in [5.41, 5.74) is -0.501. The average molecular weight is 308 g/mol. The molecule has 0 saturated heterocycles. The van der Waals surface area contributed by atoms with Gasteiger partial charge in [0.1, 0.15) is 23.5 Å². The van der Waals surface area contributed by atoms with Gasteiger partial charge in [-0.1, -0.05) is 17.7 Å². The lowest BCUT2D eigenvalue weighted by molar-refractivity contribution is 0.0913. The molecule has 3 nitrogen and oxygen atoms in total. The maximum Gasteiger partial charge on any atom is 0.206 e. The second kappa shape index (κ2) is 6.33. The molecule has 0 saturated carbocycles. The second-order valence-corrected chi connectivity index (χ2v) is 4.50. The topological polar surface area (TPSA) is 50.1 Å². The van der Waals surface area contributed by atoms with E-state index in [1.54, 1.807) is 0 Å². The van der Waals surface area contributed by atoms with E-state index in [0.717, 1.165) is 18.2 Å². The molecule has 0 aliphatic rings. The molecule has 6 heteroatoms. The number of nitriles is 1. The molecule has 0 bridgehead atoms. The fourth-order valence-electron chi connectivity index (χ4n) is 1.69. The Bertz CT molecular complexity index is 721. The van der Waals surface area contributed by atoms with Crippen LogP contribution in [0.5, 0.6) is 5.75 Å². The van der Waals surface area contributed by atoms with Crippen molar-refractivity contribution in [2.45, 2.75) is 0 Å². The van der Waals surface area contributed by atoms with E-state index >= 15 is 0 Å². The zero-order valence-corrected chi connectivity index (χ0v) is 11.3. The predicted octanol–water partition coefficient (Wildman–Crippen LogP) is 3.75. The lowest BCUT2D eigenvalue weighted by atomic mass is 10.1. The van der Waals surface area contributed by atoms with Crippen molar-refractivity contribution >= 4 is 17.4 Å².